The van der Waals surface area contributed by atoms with Gasteiger partial charge in [-0.2, -0.15) is 0 Å². The molecule has 28 heavy (non-hydrogen) atoms. The number of para-hydroxylation sites is 2. The largest absolute Gasteiger partial charge is 0.473 e. The number of aliphatic carboxylic acids is 2. The summed E-state index contributed by atoms with van der Waals surface area (Å²) in [7, 11) is 0. The van der Waals surface area contributed by atoms with E-state index in [0.717, 1.165) is 19.5 Å². The Hall–Kier alpha value is -3.58. The average molecular weight is 379 g/mol. The van der Waals surface area contributed by atoms with Crippen molar-refractivity contribution in [3.63, 3.8) is 0 Å². The van der Waals surface area contributed by atoms with Gasteiger partial charge in [-0.15, -0.1) is 0 Å². The van der Waals surface area contributed by atoms with Crippen LogP contribution in [0.5, 0.6) is 0 Å². The van der Waals surface area contributed by atoms with Gasteiger partial charge in [0.15, 0.2) is 0 Å². The first-order chi connectivity index (χ1) is 13.6. The van der Waals surface area contributed by atoms with Crippen LogP contribution in [-0.2, 0) is 22.6 Å². The number of benzene rings is 2. The molecule has 0 saturated carbocycles. The van der Waals surface area contributed by atoms with E-state index in [2.05, 4.69) is 76.2 Å². The molecule has 0 aliphatic rings. The van der Waals surface area contributed by atoms with Crippen molar-refractivity contribution >= 4 is 33.7 Å². The Bertz CT molecular complexity index is 1010. The lowest BCUT2D eigenvalue weighted by Crippen LogP contribution is -2.16. The van der Waals surface area contributed by atoms with Crippen LogP contribution in [0.15, 0.2) is 60.9 Å². The molecule has 0 amide bonds. The van der Waals surface area contributed by atoms with Crippen molar-refractivity contribution in [3.8, 4) is 0 Å². The first kappa shape index (κ1) is 19.2. The fourth-order valence-electron chi connectivity index (χ4n) is 3.06. The van der Waals surface area contributed by atoms with Crippen LogP contribution in [0.4, 0.5) is 0 Å². The third-order valence-corrected chi connectivity index (χ3v) is 4.42. The van der Waals surface area contributed by atoms with Crippen LogP contribution in [0.1, 0.15) is 11.1 Å². The molecule has 2 heterocycles. The molecule has 0 aliphatic heterocycles. The molecule has 5 N–H and O–H groups in total. The summed E-state index contributed by atoms with van der Waals surface area (Å²) in [6, 6.07) is 16.9. The molecule has 7 nitrogen and oxygen atoms in total. The number of rotatable bonds is 5. The van der Waals surface area contributed by atoms with Crippen LogP contribution in [0.25, 0.3) is 21.8 Å². The molecule has 0 atom stereocenters. The molecule has 0 saturated heterocycles. The number of H-pyrrole nitrogens is 2. The molecule has 4 aromatic rings. The number of aromatic nitrogens is 2. The third kappa shape index (κ3) is 4.57. The van der Waals surface area contributed by atoms with Crippen LogP contribution in [-0.4, -0.2) is 38.7 Å². The van der Waals surface area contributed by atoms with E-state index < -0.39 is 11.9 Å². The molecule has 0 radical (unpaired) electrons. The Balaban J connectivity index is 0.000000330. The lowest BCUT2D eigenvalue weighted by Gasteiger charge is -2.04. The van der Waals surface area contributed by atoms with Crippen LogP contribution in [0.3, 0.4) is 0 Å². The molecule has 0 bridgehead atoms. The summed E-state index contributed by atoms with van der Waals surface area (Å²) >= 11 is 0. The van der Waals surface area contributed by atoms with E-state index in [1.807, 2.05) is 0 Å². The lowest BCUT2D eigenvalue weighted by atomic mass is 10.1. The zero-order valence-corrected chi connectivity index (χ0v) is 15.1. The average Bonchev–Trinajstić information content (AvgIpc) is 3.30. The highest BCUT2D eigenvalue weighted by molar-refractivity contribution is 6.27. The molecular weight excluding hydrogens is 358 g/mol. The van der Waals surface area contributed by atoms with Gasteiger partial charge in [-0.25, -0.2) is 9.59 Å². The standard InChI is InChI=1S/C19H19N3.C2H2O4/c1-3-7-18-16(5-1)14(12-21-18)9-10-20-11-15-13-22-19-8-4-2-6-17(15)19;3-1(4)2(5)6/h1-8,12-13,20-22H,9-11H2;(H,3,4)(H,5,6). The van der Waals surface area contributed by atoms with Gasteiger partial charge in [0.05, 0.1) is 0 Å². The summed E-state index contributed by atoms with van der Waals surface area (Å²) in [6.45, 7) is 1.87. The van der Waals surface area contributed by atoms with Crippen LogP contribution in [0, 0.1) is 0 Å². The predicted molar refractivity (Wildman–Crippen MR) is 107 cm³/mol. The summed E-state index contributed by atoms with van der Waals surface area (Å²) < 4.78 is 0. The van der Waals surface area contributed by atoms with Gasteiger partial charge in [0.1, 0.15) is 0 Å². The van der Waals surface area contributed by atoms with Gasteiger partial charge >= 0.3 is 11.9 Å². The fraction of sp³-hybridized carbons (Fsp3) is 0.143. The highest BCUT2D eigenvalue weighted by atomic mass is 16.4. The number of aromatic amines is 2. The first-order valence-corrected chi connectivity index (χ1v) is 8.83. The van der Waals surface area contributed by atoms with Crippen molar-refractivity contribution in [3.05, 3.63) is 72.1 Å². The maximum absolute atomic E-state index is 9.10. The van der Waals surface area contributed by atoms with Crippen molar-refractivity contribution in [2.75, 3.05) is 6.54 Å². The maximum atomic E-state index is 9.10. The zero-order chi connectivity index (χ0) is 19.9. The minimum absolute atomic E-state index is 0.895. The molecule has 7 heteroatoms. The van der Waals surface area contributed by atoms with E-state index >= 15 is 0 Å². The third-order valence-electron chi connectivity index (χ3n) is 4.42. The summed E-state index contributed by atoms with van der Waals surface area (Å²) in [5, 5.41) is 21.0. The second-order valence-electron chi connectivity index (χ2n) is 6.26. The molecule has 2 aromatic carbocycles. The van der Waals surface area contributed by atoms with Crippen molar-refractivity contribution in [2.45, 2.75) is 13.0 Å². The summed E-state index contributed by atoms with van der Waals surface area (Å²) in [5.74, 6) is -3.65. The Morgan fingerprint density at radius 3 is 1.86 bits per heavy atom. The number of hydrogen-bond acceptors (Lipinski definition) is 3. The number of nitrogens with one attached hydrogen (secondary N) is 3. The number of fused-ring (bicyclic) bond motifs is 2. The van der Waals surface area contributed by atoms with Gasteiger partial charge in [-0.05, 0) is 36.2 Å². The Labute approximate surface area is 161 Å². The summed E-state index contributed by atoms with van der Waals surface area (Å²) in [4.78, 5) is 24.9. The van der Waals surface area contributed by atoms with E-state index in [-0.39, 0.29) is 0 Å². The summed E-state index contributed by atoms with van der Waals surface area (Å²) in [6.07, 6.45) is 5.26. The minimum atomic E-state index is -1.82. The molecule has 0 unspecified atom stereocenters. The van der Waals surface area contributed by atoms with E-state index in [0.29, 0.717) is 0 Å². The summed E-state index contributed by atoms with van der Waals surface area (Å²) in [5.41, 5.74) is 5.13. The van der Waals surface area contributed by atoms with E-state index in [1.165, 1.54) is 32.9 Å². The number of carboxylic acids is 2. The zero-order valence-electron chi connectivity index (χ0n) is 15.1. The normalized spacial score (nSPS) is 10.6. The molecule has 144 valence electrons. The quantitative estimate of drug-likeness (QED) is 0.270. The number of carbonyl (C=O) groups is 2. The minimum Gasteiger partial charge on any atom is -0.473 e. The molecule has 0 aliphatic carbocycles. The molecule has 0 spiro atoms. The number of hydrogen-bond donors (Lipinski definition) is 5. The second-order valence-corrected chi connectivity index (χ2v) is 6.26. The monoisotopic (exact) mass is 379 g/mol. The SMILES string of the molecule is O=C(O)C(=O)O.c1ccc2c(CCNCc3c[nH]c4ccccc34)c[nH]c2c1. The maximum Gasteiger partial charge on any atom is 0.414 e. The Morgan fingerprint density at radius 1 is 0.786 bits per heavy atom. The number of carboxylic acid groups (broad SMARTS) is 2. The first-order valence-electron chi connectivity index (χ1n) is 8.83. The molecular formula is C21H21N3O4. The lowest BCUT2D eigenvalue weighted by molar-refractivity contribution is -0.159. The molecule has 2 aromatic heterocycles. The highest BCUT2D eigenvalue weighted by Gasteiger charge is 2.05. The van der Waals surface area contributed by atoms with Crippen LogP contribution < -0.4 is 5.32 Å². The smallest absolute Gasteiger partial charge is 0.414 e. The second kappa shape index (κ2) is 8.88. The highest BCUT2D eigenvalue weighted by Crippen LogP contribution is 2.19. The van der Waals surface area contributed by atoms with Crippen molar-refractivity contribution in [2.24, 2.45) is 0 Å². The Morgan fingerprint density at radius 2 is 1.29 bits per heavy atom. The van der Waals surface area contributed by atoms with Gasteiger partial charge in [-0.1, -0.05) is 36.4 Å². The molecule has 0 fully saturated rings. The van der Waals surface area contributed by atoms with E-state index in [4.69, 9.17) is 19.8 Å². The van der Waals surface area contributed by atoms with Gasteiger partial charge in [0.25, 0.3) is 0 Å². The van der Waals surface area contributed by atoms with Crippen LogP contribution >= 0.6 is 0 Å². The van der Waals surface area contributed by atoms with Crippen molar-refractivity contribution in [1.82, 2.24) is 15.3 Å². The van der Waals surface area contributed by atoms with Gasteiger partial charge in [-0.3, -0.25) is 0 Å². The Kier molecular flexibility index (Phi) is 6.08. The van der Waals surface area contributed by atoms with Gasteiger partial charge < -0.3 is 25.5 Å². The topological polar surface area (TPSA) is 118 Å². The fourth-order valence-corrected chi connectivity index (χ4v) is 3.06. The molecule has 4 rings (SSSR count). The van der Waals surface area contributed by atoms with Crippen molar-refractivity contribution in [1.29, 1.82) is 0 Å². The van der Waals surface area contributed by atoms with E-state index in [9.17, 15) is 0 Å². The van der Waals surface area contributed by atoms with Crippen LogP contribution in [0.2, 0.25) is 0 Å². The van der Waals surface area contributed by atoms with Gasteiger partial charge in [0, 0.05) is 40.7 Å². The van der Waals surface area contributed by atoms with Crippen molar-refractivity contribution < 1.29 is 19.8 Å². The predicted octanol–water partition coefficient (Wildman–Crippen LogP) is 3.14. The van der Waals surface area contributed by atoms with E-state index in [1.54, 1.807) is 0 Å². The van der Waals surface area contributed by atoms with Gasteiger partial charge in [0.2, 0.25) is 0 Å².